The van der Waals surface area contributed by atoms with Gasteiger partial charge in [0.1, 0.15) is 0 Å². The minimum atomic E-state index is 0.0836. The molecular weight excluding hydrogens is 292 g/mol. The van der Waals surface area contributed by atoms with Gasteiger partial charge in [-0.25, -0.2) is 0 Å². The zero-order chi connectivity index (χ0) is 13.4. The fourth-order valence-corrected chi connectivity index (χ4v) is 2.42. The molecule has 0 bridgehead atoms. The van der Waals surface area contributed by atoms with E-state index in [9.17, 15) is 4.79 Å². The highest BCUT2D eigenvalue weighted by Gasteiger charge is 2.03. The minimum Gasteiger partial charge on any atom is -0.330 e. The van der Waals surface area contributed by atoms with Crippen molar-refractivity contribution in [1.82, 2.24) is 0 Å². The van der Waals surface area contributed by atoms with Gasteiger partial charge in [-0.3, -0.25) is 4.79 Å². The summed E-state index contributed by atoms with van der Waals surface area (Å²) in [6.07, 6.45) is 4.74. The van der Waals surface area contributed by atoms with Crippen LogP contribution < -0.4 is 11.1 Å². The van der Waals surface area contributed by atoms with Crippen LogP contribution in [0.5, 0.6) is 0 Å². The third-order valence-electron chi connectivity index (χ3n) is 2.68. The van der Waals surface area contributed by atoms with Crippen molar-refractivity contribution in [1.29, 1.82) is 0 Å². The molecule has 0 aromatic heterocycles. The summed E-state index contributed by atoms with van der Waals surface area (Å²) in [4.78, 5) is 11.7. The summed E-state index contributed by atoms with van der Waals surface area (Å²) >= 11 is 3.42. The van der Waals surface area contributed by atoms with Crippen LogP contribution in [-0.4, -0.2) is 12.5 Å². The Morgan fingerprint density at radius 3 is 2.61 bits per heavy atom. The molecule has 18 heavy (non-hydrogen) atoms. The fraction of sp³-hybridized carbons (Fsp3) is 0.500. The lowest BCUT2D eigenvalue weighted by molar-refractivity contribution is -0.116. The zero-order valence-corrected chi connectivity index (χ0v) is 12.4. The van der Waals surface area contributed by atoms with E-state index < -0.39 is 0 Å². The van der Waals surface area contributed by atoms with Crippen LogP contribution >= 0.6 is 15.9 Å². The van der Waals surface area contributed by atoms with Crippen molar-refractivity contribution >= 4 is 27.5 Å². The number of carbonyl (C=O) groups is 1. The van der Waals surface area contributed by atoms with Gasteiger partial charge in [0, 0.05) is 16.6 Å². The summed E-state index contributed by atoms with van der Waals surface area (Å²) in [5.41, 5.74) is 7.40. The quantitative estimate of drug-likeness (QED) is 0.756. The van der Waals surface area contributed by atoms with Gasteiger partial charge in [0.05, 0.1) is 0 Å². The van der Waals surface area contributed by atoms with Gasteiger partial charge in [0.2, 0.25) is 5.91 Å². The third kappa shape index (κ3) is 6.17. The van der Waals surface area contributed by atoms with E-state index in [-0.39, 0.29) is 5.91 Å². The van der Waals surface area contributed by atoms with Crippen molar-refractivity contribution in [2.24, 2.45) is 5.73 Å². The SMILES string of the molecule is Cc1cc(Br)cc(NC(=O)CCCCCCN)c1. The standard InChI is InChI=1S/C14H21BrN2O/c1-11-8-12(15)10-13(9-11)17-14(18)6-4-2-3-5-7-16/h8-10H,2-7,16H2,1H3,(H,17,18). The van der Waals surface area contributed by atoms with E-state index in [1.54, 1.807) is 0 Å². The molecule has 0 saturated heterocycles. The van der Waals surface area contributed by atoms with Gasteiger partial charge in [0.15, 0.2) is 0 Å². The molecule has 0 aliphatic carbocycles. The Balaban J connectivity index is 2.31. The average molecular weight is 313 g/mol. The van der Waals surface area contributed by atoms with Crippen LogP contribution in [-0.2, 0) is 4.79 Å². The first kappa shape index (κ1) is 15.2. The minimum absolute atomic E-state index is 0.0836. The van der Waals surface area contributed by atoms with Crippen LogP contribution in [0.1, 0.15) is 37.7 Å². The van der Waals surface area contributed by atoms with E-state index in [0.717, 1.165) is 48.0 Å². The number of benzene rings is 1. The van der Waals surface area contributed by atoms with E-state index >= 15 is 0 Å². The monoisotopic (exact) mass is 312 g/mol. The summed E-state index contributed by atoms with van der Waals surface area (Å²) in [6, 6.07) is 5.90. The lowest BCUT2D eigenvalue weighted by Crippen LogP contribution is -2.11. The third-order valence-corrected chi connectivity index (χ3v) is 3.14. The van der Waals surface area contributed by atoms with Crippen molar-refractivity contribution in [2.45, 2.75) is 39.0 Å². The second-order valence-corrected chi connectivity index (χ2v) is 5.43. The molecule has 0 heterocycles. The highest BCUT2D eigenvalue weighted by Crippen LogP contribution is 2.19. The van der Waals surface area contributed by atoms with Gasteiger partial charge in [-0.1, -0.05) is 28.8 Å². The first-order valence-corrected chi connectivity index (χ1v) is 7.18. The maximum Gasteiger partial charge on any atom is 0.224 e. The van der Waals surface area contributed by atoms with Crippen LogP contribution in [0.15, 0.2) is 22.7 Å². The molecule has 100 valence electrons. The molecular formula is C14H21BrN2O. The number of carbonyl (C=O) groups excluding carboxylic acids is 1. The molecule has 0 saturated carbocycles. The predicted octanol–water partition coefficient (Wildman–Crippen LogP) is 3.61. The molecule has 1 amide bonds. The molecule has 1 aromatic carbocycles. The summed E-state index contributed by atoms with van der Waals surface area (Å²) in [7, 11) is 0. The molecule has 0 aliphatic rings. The molecule has 0 spiro atoms. The Labute approximate surface area is 117 Å². The lowest BCUT2D eigenvalue weighted by atomic mass is 10.1. The molecule has 0 fully saturated rings. The second-order valence-electron chi connectivity index (χ2n) is 4.52. The average Bonchev–Trinajstić information content (AvgIpc) is 2.27. The van der Waals surface area contributed by atoms with Crippen molar-refractivity contribution in [3.8, 4) is 0 Å². The van der Waals surface area contributed by atoms with Gasteiger partial charge >= 0.3 is 0 Å². The number of hydrogen-bond donors (Lipinski definition) is 2. The van der Waals surface area contributed by atoms with E-state index in [0.29, 0.717) is 6.42 Å². The van der Waals surface area contributed by atoms with E-state index in [1.165, 1.54) is 0 Å². The number of anilines is 1. The molecule has 0 radical (unpaired) electrons. The Bertz CT molecular complexity index is 373. The Morgan fingerprint density at radius 1 is 1.22 bits per heavy atom. The van der Waals surface area contributed by atoms with E-state index in [4.69, 9.17) is 5.73 Å². The number of aryl methyl sites for hydroxylation is 1. The maximum absolute atomic E-state index is 11.7. The van der Waals surface area contributed by atoms with Crippen LogP contribution in [0.25, 0.3) is 0 Å². The van der Waals surface area contributed by atoms with Crippen molar-refractivity contribution in [2.75, 3.05) is 11.9 Å². The number of hydrogen-bond acceptors (Lipinski definition) is 2. The number of nitrogens with one attached hydrogen (secondary N) is 1. The molecule has 1 aromatic rings. The smallest absolute Gasteiger partial charge is 0.224 e. The highest BCUT2D eigenvalue weighted by molar-refractivity contribution is 9.10. The Hall–Kier alpha value is -0.870. The summed E-state index contributed by atoms with van der Waals surface area (Å²) in [5.74, 6) is 0.0836. The normalized spacial score (nSPS) is 10.4. The molecule has 1 rings (SSSR count). The summed E-state index contributed by atoms with van der Waals surface area (Å²) < 4.78 is 0.987. The van der Waals surface area contributed by atoms with Crippen molar-refractivity contribution in [3.05, 3.63) is 28.2 Å². The summed E-state index contributed by atoms with van der Waals surface area (Å²) in [5, 5.41) is 2.92. The van der Waals surface area contributed by atoms with E-state index in [1.807, 2.05) is 25.1 Å². The molecule has 0 unspecified atom stereocenters. The molecule has 3 N–H and O–H groups in total. The van der Waals surface area contributed by atoms with Crippen molar-refractivity contribution < 1.29 is 4.79 Å². The van der Waals surface area contributed by atoms with Crippen LogP contribution in [0.4, 0.5) is 5.69 Å². The topological polar surface area (TPSA) is 55.1 Å². The number of rotatable bonds is 7. The van der Waals surface area contributed by atoms with Crippen molar-refractivity contribution in [3.63, 3.8) is 0 Å². The first-order chi connectivity index (χ1) is 8.61. The van der Waals surface area contributed by atoms with Gasteiger partial charge in [-0.15, -0.1) is 0 Å². The number of amides is 1. The Morgan fingerprint density at radius 2 is 1.94 bits per heavy atom. The summed E-state index contributed by atoms with van der Waals surface area (Å²) in [6.45, 7) is 2.75. The van der Waals surface area contributed by atoms with Gasteiger partial charge in [-0.05, 0) is 50.1 Å². The second kappa shape index (κ2) is 8.27. The largest absolute Gasteiger partial charge is 0.330 e. The highest BCUT2D eigenvalue weighted by atomic mass is 79.9. The van der Waals surface area contributed by atoms with Crippen LogP contribution in [0.3, 0.4) is 0 Å². The maximum atomic E-state index is 11.7. The number of halogens is 1. The van der Waals surface area contributed by atoms with Gasteiger partial charge in [0.25, 0.3) is 0 Å². The van der Waals surface area contributed by atoms with Gasteiger partial charge < -0.3 is 11.1 Å². The molecule has 0 atom stereocenters. The zero-order valence-electron chi connectivity index (χ0n) is 10.8. The van der Waals surface area contributed by atoms with E-state index in [2.05, 4.69) is 21.2 Å². The molecule has 4 heteroatoms. The molecule has 3 nitrogen and oxygen atoms in total. The number of unbranched alkanes of at least 4 members (excludes halogenated alkanes) is 3. The number of nitrogens with two attached hydrogens (primary N) is 1. The van der Waals surface area contributed by atoms with Gasteiger partial charge in [-0.2, -0.15) is 0 Å². The fourth-order valence-electron chi connectivity index (χ4n) is 1.82. The predicted molar refractivity (Wildman–Crippen MR) is 79.6 cm³/mol. The molecule has 0 aliphatic heterocycles. The Kier molecular flexibility index (Phi) is 6.98. The van der Waals surface area contributed by atoms with Crippen LogP contribution in [0.2, 0.25) is 0 Å². The first-order valence-electron chi connectivity index (χ1n) is 6.39. The van der Waals surface area contributed by atoms with Crippen LogP contribution in [0, 0.1) is 6.92 Å². The lowest BCUT2D eigenvalue weighted by Gasteiger charge is -2.07.